The molecule has 140 valence electrons. The van der Waals surface area contributed by atoms with Crippen molar-refractivity contribution in [3.8, 4) is 5.88 Å². The Bertz CT molecular complexity index is 986. The van der Waals surface area contributed by atoms with Gasteiger partial charge >= 0.3 is 5.97 Å². The fourth-order valence-corrected chi connectivity index (χ4v) is 3.20. The predicted molar refractivity (Wildman–Crippen MR) is 104 cm³/mol. The van der Waals surface area contributed by atoms with Gasteiger partial charge in [-0.15, -0.1) is 0 Å². The van der Waals surface area contributed by atoms with E-state index in [-0.39, 0.29) is 17.9 Å². The van der Waals surface area contributed by atoms with Gasteiger partial charge in [-0.2, -0.15) is 0 Å². The minimum atomic E-state index is -0.856. The average molecular weight is 432 g/mol. The van der Waals surface area contributed by atoms with Crippen LogP contribution in [0.3, 0.4) is 0 Å². The summed E-state index contributed by atoms with van der Waals surface area (Å²) in [5, 5.41) is 3.68. The first kappa shape index (κ1) is 18.9. The third-order valence-electron chi connectivity index (χ3n) is 4.15. The molecule has 2 aromatic heterocycles. The number of ether oxygens (including phenoxy) is 2. The van der Waals surface area contributed by atoms with Gasteiger partial charge in [0.15, 0.2) is 0 Å². The van der Waals surface area contributed by atoms with Crippen molar-refractivity contribution in [1.29, 1.82) is 0 Å². The van der Waals surface area contributed by atoms with Gasteiger partial charge in [-0.3, -0.25) is 4.79 Å². The van der Waals surface area contributed by atoms with Crippen LogP contribution in [0.25, 0.3) is 10.9 Å². The van der Waals surface area contributed by atoms with E-state index in [1.54, 1.807) is 12.1 Å². The molecule has 0 aliphatic rings. The Hall–Kier alpha value is -2.87. The molecule has 0 bridgehead atoms. The van der Waals surface area contributed by atoms with Crippen molar-refractivity contribution in [2.45, 2.75) is 12.5 Å². The van der Waals surface area contributed by atoms with E-state index in [9.17, 15) is 9.59 Å². The number of pyridine rings is 1. The second-order valence-corrected chi connectivity index (χ2v) is 6.73. The molecule has 2 N–H and O–H groups in total. The molecular weight excluding hydrogens is 414 g/mol. The number of halogens is 1. The lowest BCUT2D eigenvalue weighted by Gasteiger charge is -2.17. The zero-order valence-electron chi connectivity index (χ0n) is 14.8. The molecule has 0 fully saturated rings. The van der Waals surface area contributed by atoms with E-state index in [1.165, 1.54) is 20.4 Å². The summed E-state index contributed by atoms with van der Waals surface area (Å²) in [7, 11) is 2.72. The van der Waals surface area contributed by atoms with E-state index in [0.717, 1.165) is 20.9 Å². The lowest BCUT2D eigenvalue weighted by Crippen LogP contribution is -2.43. The van der Waals surface area contributed by atoms with E-state index >= 15 is 0 Å². The van der Waals surface area contributed by atoms with Gasteiger partial charge < -0.3 is 19.8 Å². The SMILES string of the molecule is COC(=O)[C@H](Cc1c[nH]c2ccc(Br)cc12)NC(=O)c1cccnc1OC. The molecule has 8 heteroatoms. The number of carbonyl (C=O) groups excluding carboxylic acids is 2. The second-order valence-electron chi connectivity index (χ2n) is 5.82. The van der Waals surface area contributed by atoms with Crippen molar-refractivity contribution < 1.29 is 19.1 Å². The van der Waals surface area contributed by atoms with Crippen molar-refractivity contribution in [2.24, 2.45) is 0 Å². The third kappa shape index (κ3) is 4.11. The molecule has 0 saturated carbocycles. The van der Waals surface area contributed by atoms with Crippen molar-refractivity contribution in [2.75, 3.05) is 14.2 Å². The van der Waals surface area contributed by atoms with Gasteiger partial charge in [-0.1, -0.05) is 15.9 Å². The Morgan fingerprint density at radius 1 is 1.30 bits per heavy atom. The molecule has 0 spiro atoms. The fraction of sp³-hybridized carbons (Fsp3) is 0.211. The molecule has 0 aliphatic carbocycles. The third-order valence-corrected chi connectivity index (χ3v) is 4.65. The number of carbonyl (C=O) groups is 2. The normalized spacial score (nSPS) is 11.8. The average Bonchev–Trinajstić information content (AvgIpc) is 3.08. The number of methoxy groups -OCH3 is 2. The molecule has 7 nitrogen and oxygen atoms in total. The lowest BCUT2D eigenvalue weighted by molar-refractivity contribution is -0.142. The molecule has 3 aromatic rings. The van der Waals surface area contributed by atoms with Gasteiger partial charge in [0.25, 0.3) is 5.91 Å². The van der Waals surface area contributed by atoms with Gasteiger partial charge in [0.1, 0.15) is 11.6 Å². The highest BCUT2D eigenvalue weighted by molar-refractivity contribution is 9.10. The lowest BCUT2D eigenvalue weighted by atomic mass is 10.0. The molecular formula is C19H18BrN3O4. The number of hydrogen-bond donors (Lipinski definition) is 2. The standard InChI is InChI=1S/C19H18BrN3O4/c1-26-18-13(4-3-7-21-18)17(24)23-16(19(25)27-2)8-11-10-22-15-6-5-12(20)9-14(11)15/h3-7,9-10,16,22H,8H2,1-2H3,(H,23,24)/t16-/m0/s1. The number of fused-ring (bicyclic) bond motifs is 1. The summed E-state index contributed by atoms with van der Waals surface area (Å²) in [5.41, 5.74) is 2.08. The van der Waals surface area contributed by atoms with Crippen LogP contribution in [-0.2, 0) is 16.0 Å². The topological polar surface area (TPSA) is 93.3 Å². The van der Waals surface area contributed by atoms with Crippen molar-refractivity contribution in [3.63, 3.8) is 0 Å². The molecule has 1 amide bonds. The van der Waals surface area contributed by atoms with E-state index < -0.39 is 17.9 Å². The maximum atomic E-state index is 12.6. The Balaban J connectivity index is 1.87. The van der Waals surface area contributed by atoms with Crippen LogP contribution in [0.2, 0.25) is 0 Å². The van der Waals surface area contributed by atoms with Gasteiger partial charge in [-0.05, 0) is 35.9 Å². The van der Waals surface area contributed by atoms with Gasteiger partial charge in [0, 0.05) is 34.2 Å². The number of amides is 1. The molecule has 0 saturated heterocycles. The van der Waals surface area contributed by atoms with Crippen molar-refractivity contribution in [3.05, 3.63) is 58.3 Å². The first-order valence-electron chi connectivity index (χ1n) is 8.16. The molecule has 0 radical (unpaired) electrons. The van der Waals surface area contributed by atoms with Crippen LogP contribution in [0.1, 0.15) is 15.9 Å². The van der Waals surface area contributed by atoms with Crippen LogP contribution in [0.5, 0.6) is 5.88 Å². The highest BCUT2D eigenvalue weighted by Gasteiger charge is 2.25. The fourth-order valence-electron chi connectivity index (χ4n) is 2.84. The summed E-state index contributed by atoms with van der Waals surface area (Å²) in [4.78, 5) is 32.1. The Morgan fingerprint density at radius 3 is 2.85 bits per heavy atom. The highest BCUT2D eigenvalue weighted by Crippen LogP contribution is 2.24. The maximum Gasteiger partial charge on any atom is 0.328 e. The van der Waals surface area contributed by atoms with Crippen LogP contribution in [0.4, 0.5) is 0 Å². The van der Waals surface area contributed by atoms with Crippen molar-refractivity contribution in [1.82, 2.24) is 15.3 Å². The first-order chi connectivity index (χ1) is 13.0. The monoisotopic (exact) mass is 431 g/mol. The molecule has 1 atom stereocenters. The molecule has 2 heterocycles. The number of esters is 1. The summed E-state index contributed by atoms with van der Waals surface area (Å²) in [6.45, 7) is 0. The minimum Gasteiger partial charge on any atom is -0.480 e. The summed E-state index contributed by atoms with van der Waals surface area (Å²) < 4.78 is 10.9. The van der Waals surface area contributed by atoms with Gasteiger partial charge in [0.2, 0.25) is 5.88 Å². The number of nitrogens with one attached hydrogen (secondary N) is 2. The number of benzene rings is 1. The van der Waals surface area contributed by atoms with Crippen molar-refractivity contribution >= 4 is 38.7 Å². The Labute approximate surface area is 164 Å². The highest BCUT2D eigenvalue weighted by atomic mass is 79.9. The number of hydrogen-bond acceptors (Lipinski definition) is 5. The number of nitrogens with zero attached hydrogens (tertiary/aromatic N) is 1. The number of H-pyrrole nitrogens is 1. The van der Waals surface area contributed by atoms with E-state index in [1.807, 2.05) is 24.4 Å². The smallest absolute Gasteiger partial charge is 0.328 e. The maximum absolute atomic E-state index is 12.6. The van der Waals surface area contributed by atoms with E-state index in [0.29, 0.717) is 0 Å². The largest absolute Gasteiger partial charge is 0.480 e. The molecule has 0 unspecified atom stereocenters. The number of aromatic nitrogens is 2. The van der Waals surface area contributed by atoms with Gasteiger partial charge in [-0.25, -0.2) is 9.78 Å². The van der Waals surface area contributed by atoms with Crippen LogP contribution < -0.4 is 10.1 Å². The minimum absolute atomic E-state index is 0.189. The zero-order chi connectivity index (χ0) is 19.4. The van der Waals surface area contributed by atoms with Crippen LogP contribution in [-0.4, -0.2) is 42.1 Å². The van der Waals surface area contributed by atoms with E-state index in [4.69, 9.17) is 9.47 Å². The van der Waals surface area contributed by atoms with Crippen LogP contribution in [0, 0.1) is 0 Å². The quantitative estimate of drug-likeness (QED) is 0.585. The summed E-state index contributed by atoms with van der Waals surface area (Å²) in [6, 6.07) is 8.18. The molecule has 1 aromatic carbocycles. The number of rotatable bonds is 6. The second kappa shape index (κ2) is 8.22. The summed E-state index contributed by atoms with van der Waals surface area (Å²) in [5.74, 6) is -0.804. The predicted octanol–water partition coefficient (Wildman–Crippen LogP) is 2.85. The summed E-state index contributed by atoms with van der Waals surface area (Å²) in [6.07, 6.45) is 3.62. The zero-order valence-corrected chi connectivity index (χ0v) is 16.4. The number of aromatic amines is 1. The molecule has 27 heavy (non-hydrogen) atoms. The van der Waals surface area contributed by atoms with Gasteiger partial charge in [0.05, 0.1) is 14.2 Å². The molecule has 0 aliphatic heterocycles. The first-order valence-corrected chi connectivity index (χ1v) is 8.96. The molecule has 3 rings (SSSR count). The van der Waals surface area contributed by atoms with Crippen LogP contribution >= 0.6 is 15.9 Å². The summed E-state index contributed by atoms with van der Waals surface area (Å²) >= 11 is 3.45. The Kier molecular flexibility index (Phi) is 5.75. The van der Waals surface area contributed by atoms with Crippen LogP contribution in [0.15, 0.2) is 47.2 Å². The van der Waals surface area contributed by atoms with E-state index in [2.05, 4.69) is 31.2 Å². The Morgan fingerprint density at radius 2 is 2.11 bits per heavy atom.